The number of rotatable bonds is 6. The summed E-state index contributed by atoms with van der Waals surface area (Å²) in [6.07, 6.45) is -8.56. The van der Waals surface area contributed by atoms with Gasteiger partial charge in [-0.05, 0) is 82.5 Å². The average molecular weight is 545 g/mol. The van der Waals surface area contributed by atoms with Gasteiger partial charge < -0.3 is 9.47 Å². The van der Waals surface area contributed by atoms with Gasteiger partial charge in [-0.2, -0.15) is 26.3 Å². The van der Waals surface area contributed by atoms with Gasteiger partial charge >= 0.3 is 12.4 Å². The molecule has 4 nitrogen and oxygen atoms in total. The second kappa shape index (κ2) is 11.3. The first-order chi connectivity index (χ1) is 17.8. The highest BCUT2D eigenvalue weighted by atomic mass is 19.4. The molecule has 4 rings (SSSR count). The van der Waals surface area contributed by atoms with E-state index < -0.39 is 29.9 Å². The second-order valence-electron chi connectivity index (χ2n) is 10.7. The molecule has 1 aliphatic heterocycles. The summed E-state index contributed by atoms with van der Waals surface area (Å²) in [5.74, 6) is -1.50. The van der Waals surface area contributed by atoms with Gasteiger partial charge in [-0.1, -0.05) is 24.3 Å². The van der Waals surface area contributed by atoms with Gasteiger partial charge in [0.05, 0.1) is 18.1 Å². The van der Waals surface area contributed by atoms with Gasteiger partial charge in [0.1, 0.15) is 11.3 Å². The van der Waals surface area contributed by atoms with Gasteiger partial charge in [0.25, 0.3) is 0 Å². The number of nitrogens with one attached hydrogen (secondary N) is 1. The van der Waals surface area contributed by atoms with E-state index in [1.165, 1.54) is 6.07 Å². The Morgan fingerprint density at radius 1 is 0.947 bits per heavy atom. The van der Waals surface area contributed by atoms with E-state index in [2.05, 4.69) is 4.90 Å². The molecule has 2 aliphatic rings. The topological polar surface area (TPSA) is 45.5 Å². The van der Waals surface area contributed by atoms with Crippen LogP contribution in [0.15, 0.2) is 30.3 Å². The number of piperidine rings is 1. The third-order valence-electron chi connectivity index (χ3n) is 7.52. The Morgan fingerprint density at radius 3 is 2.18 bits per heavy atom. The van der Waals surface area contributed by atoms with E-state index in [0.717, 1.165) is 0 Å². The molecule has 38 heavy (non-hydrogen) atoms. The SMILES string of the molecule is CC(C)OC(=N)C1CCN(Cc2cccc3ccc(OC4CCC(C(F)(F)F)CC4)c(C(F)(F)F)c23)CC1. The van der Waals surface area contributed by atoms with Crippen LogP contribution in [0.1, 0.15) is 63.5 Å². The summed E-state index contributed by atoms with van der Waals surface area (Å²) in [4.78, 5) is 2.08. The van der Waals surface area contributed by atoms with Crippen LogP contribution in [-0.2, 0) is 17.5 Å². The molecule has 1 saturated heterocycles. The van der Waals surface area contributed by atoms with E-state index >= 15 is 0 Å². The van der Waals surface area contributed by atoms with Gasteiger partial charge in [-0.25, -0.2) is 0 Å². The monoisotopic (exact) mass is 544 g/mol. The van der Waals surface area contributed by atoms with Crippen LogP contribution in [0.25, 0.3) is 10.8 Å². The Labute approximate surface area is 218 Å². The number of halogens is 6. The smallest absolute Gasteiger partial charge is 0.420 e. The first-order valence-electron chi connectivity index (χ1n) is 13.2. The number of nitrogens with zero attached hydrogens (tertiary/aromatic N) is 1. The summed E-state index contributed by atoms with van der Waals surface area (Å²) in [6.45, 7) is 5.31. The fourth-order valence-corrected chi connectivity index (χ4v) is 5.58. The molecule has 1 N–H and O–H groups in total. The molecule has 0 amide bonds. The van der Waals surface area contributed by atoms with E-state index in [0.29, 0.717) is 43.4 Å². The van der Waals surface area contributed by atoms with Crippen molar-refractivity contribution >= 4 is 16.7 Å². The normalized spacial score (nSPS) is 22.1. The minimum atomic E-state index is -4.70. The molecule has 210 valence electrons. The van der Waals surface area contributed by atoms with Crippen LogP contribution in [0.4, 0.5) is 26.3 Å². The van der Waals surface area contributed by atoms with Crippen molar-refractivity contribution in [2.75, 3.05) is 13.1 Å². The highest BCUT2D eigenvalue weighted by Crippen LogP contribution is 2.45. The molecule has 0 bridgehead atoms. The molecule has 2 fully saturated rings. The van der Waals surface area contributed by atoms with Crippen LogP contribution in [-0.4, -0.2) is 42.3 Å². The first kappa shape index (κ1) is 28.5. The summed E-state index contributed by atoms with van der Waals surface area (Å²) in [6, 6.07) is 7.92. The lowest BCUT2D eigenvalue weighted by molar-refractivity contribution is -0.185. The van der Waals surface area contributed by atoms with Gasteiger partial charge in [-0.15, -0.1) is 0 Å². The Hall–Kier alpha value is -2.49. The van der Waals surface area contributed by atoms with Crippen molar-refractivity contribution in [3.8, 4) is 5.75 Å². The molecule has 0 aromatic heterocycles. The molecular formula is C28H34F6N2O2. The third kappa shape index (κ3) is 6.74. The number of ether oxygens (including phenoxy) is 2. The molecule has 2 aromatic carbocycles. The van der Waals surface area contributed by atoms with E-state index in [1.54, 1.807) is 24.3 Å². The zero-order valence-electron chi connectivity index (χ0n) is 21.6. The van der Waals surface area contributed by atoms with Crippen molar-refractivity contribution in [1.29, 1.82) is 5.41 Å². The molecule has 0 spiro atoms. The molecule has 0 radical (unpaired) electrons. The van der Waals surface area contributed by atoms with Gasteiger partial charge in [0.15, 0.2) is 5.90 Å². The molecule has 0 unspecified atom stereocenters. The number of alkyl halides is 6. The quantitative estimate of drug-likeness (QED) is 0.228. The van der Waals surface area contributed by atoms with Crippen LogP contribution in [0, 0.1) is 17.2 Å². The standard InChI is InChI=1S/C28H34F6N2O2/c1-17(2)37-26(35)19-12-14-36(15-13-19)16-20-5-3-4-18-6-11-23(25(24(18)20)28(32,33)34)38-22-9-7-21(8-10-22)27(29,30)31/h3-6,11,17,19,21-22,35H,7-10,12-16H2,1-2H3. The van der Waals surface area contributed by atoms with E-state index in [1.807, 2.05) is 13.8 Å². The molecule has 1 saturated carbocycles. The summed E-state index contributed by atoms with van der Waals surface area (Å²) in [5.41, 5.74) is -0.349. The second-order valence-corrected chi connectivity index (χ2v) is 10.7. The van der Waals surface area contributed by atoms with Crippen molar-refractivity contribution in [3.05, 3.63) is 41.5 Å². The average Bonchev–Trinajstić information content (AvgIpc) is 2.83. The predicted molar refractivity (Wildman–Crippen MR) is 133 cm³/mol. The van der Waals surface area contributed by atoms with Crippen molar-refractivity contribution < 1.29 is 35.8 Å². The Balaban J connectivity index is 1.55. The number of hydrogen-bond donors (Lipinski definition) is 1. The maximum Gasteiger partial charge on any atom is 0.420 e. The summed E-state index contributed by atoms with van der Waals surface area (Å²) in [5, 5.41) is 8.64. The molecule has 2 aromatic rings. The highest BCUT2D eigenvalue weighted by molar-refractivity contribution is 5.91. The van der Waals surface area contributed by atoms with Gasteiger partial charge in [0, 0.05) is 17.8 Å². The third-order valence-corrected chi connectivity index (χ3v) is 7.52. The van der Waals surface area contributed by atoms with E-state index in [-0.39, 0.29) is 54.7 Å². The molecule has 1 heterocycles. The van der Waals surface area contributed by atoms with Gasteiger partial charge in [-0.3, -0.25) is 10.3 Å². The summed E-state index contributed by atoms with van der Waals surface area (Å²) < 4.78 is 93.8. The van der Waals surface area contributed by atoms with Crippen LogP contribution >= 0.6 is 0 Å². The lowest BCUT2D eigenvalue weighted by Gasteiger charge is -2.33. The van der Waals surface area contributed by atoms with Gasteiger partial charge in [0.2, 0.25) is 0 Å². The Morgan fingerprint density at radius 2 is 1.61 bits per heavy atom. The molecular weight excluding hydrogens is 510 g/mol. The lowest BCUT2D eigenvalue weighted by atomic mass is 9.87. The zero-order valence-corrected chi connectivity index (χ0v) is 21.6. The number of benzene rings is 2. The zero-order chi connectivity index (χ0) is 27.7. The summed E-state index contributed by atoms with van der Waals surface area (Å²) >= 11 is 0. The predicted octanol–water partition coefficient (Wildman–Crippen LogP) is 7.97. The van der Waals surface area contributed by atoms with Crippen LogP contribution < -0.4 is 4.74 Å². The highest BCUT2D eigenvalue weighted by Gasteiger charge is 2.43. The largest absolute Gasteiger partial charge is 0.490 e. The van der Waals surface area contributed by atoms with Crippen molar-refractivity contribution in [2.24, 2.45) is 11.8 Å². The maximum atomic E-state index is 14.5. The summed E-state index contributed by atoms with van der Waals surface area (Å²) in [7, 11) is 0. The van der Waals surface area contributed by atoms with Crippen molar-refractivity contribution in [2.45, 2.75) is 83.5 Å². The lowest BCUT2D eigenvalue weighted by Crippen LogP contribution is -2.37. The molecule has 0 atom stereocenters. The maximum absolute atomic E-state index is 14.5. The number of hydrogen-bond acceptors (Lipinski definition) is 4. The van der Waals surface area contributed by atoms with Crippen molar-refractivity contribution in [3.63, 3.8) is 0 Å². The first-order valence-corrected chi connectivity index (χ1v) is 13.2. The fourth-order valence-electron chi connectivity index (χ4n) is 5.58. The minimum Gasteiger partial charge on any atom is -0.490 e. The van der Waals surface area contributed by atoms with E-state index in [4.69, 9.17) is 14.9 Å². The Kier molecular flexibility index (Phi) is 8.49. The minimum absolute atomic E-state index is 0.000608. The number of fused-ring (bicyclic) bond motifs is 1. The van der Waals surface area contributed by atoms with Crippen LogP contribution in [0.2, 0.25) is 0 Å². The Bertz CT molecular complexity index is 1110. The van der Waals surface area contributed by atoms with Crippen molar-refractivity contribution in [1.82, 2.24) is 4.90 Å². The van der Waals surface area contributed by atoms with Crippen LogP contribution in [0.5, 0.6) is 5.75 Å². The molecule has 10 heteroatoms. The molecule has 1 aliphatic carbocycles. The van der Waals surface area contributed by atoms with E-state index in [9.17, 15) is 26.3 Å². The fraction of sp³-hybridized carbons (Fsp3) is 0.607. The van der Waals surface area contributed by atoms with Crippen LogP contribution in [0.3, 0.4) is 0 Å². The number of likely N-dealkylation sites (tertiary alicyclic amines) is 1.